The molecule has 1 saturated heterocycles. The van der Waals surface area contributed by atoms with Gasteiger partial charge in [-0.2, -0.15) is 0 Å². The van der Waals surface area contributed by atoms with Crippen LogP contribution in [0.1, 0.15) is 41.3 Å². The van der Waals surface area contributed by atoms with E-state index in [9.17, 15) is 4.79 Å². The summed E-state index contributed by atoms with van der Waals surface area (Å²) >= 11 is 0. The summed E-state index contributed by atoms with van der Waals surface area (Å²) < 4.78 is 0. The topological polar surface area (TPSA) is 23.6 Å². The van der Waals surface area contributed by atoms with Crippen LogP contribution in [0.3, 0.4) is 0 Å². The highest BCUT2D eigenvalue weighted by Crippen LogP contribution is 2.20. The second-order valence-electron chi connectivity index (χ2n) is 5.82. The third kappa shape index (κ3) is 3.16. The summed E-state index contributed by atoms with van der Waals surface area (Å²) in [5, 5.41) is 0. The third-order valence-electron chi connectivity index (χ3n) is 3.94. The maximum Gasteiger partial charge on any atom is 0.254 e. The third-order valence-corrected chi connectivity index (χ3v) is 3.94. The zero-order chi connectivity index (χ0) is 14.0. The van der Waals surface area contributed by atoms with Gasteiger partial charge in [0.05, 0.1) is 0 Å². The van der Waals surface area contributed by atoms with Gasteiger partial charge in [0.1, 0.15) is 0 Å². The maximum absolute atomic E-state index is 12.5. The molecule has 1 aliphatic heterocycles. The van der Waals surface area contributed by atoms with Crippen molar-refractivity contribution in [2.24, 2.45) is 0 Å². The molecule has 1 amide bonds. The Morgan fingerprint density at radius 3 is 2.32 bits per heavy atom. The lowest BCUT2D eigenvalue weighted by Gasteiger charge is -2.32. The van der Waals surface area contributed by atoms with Crippen molar-refractivity contribution in [1.29, 1.82) is 0 Å². The van der Waals surface area contributed by atoms with Gasteiger partial charge in [-0.25, -0.2) is 0 Å². The first-order valence-electron chi connectivity index (χ1n) is 7.07. The smallest absolute Gasteiger partial charge is 0.254 e. The zero-order valence-corrected chi connectivity index (χ0v) is 12.4. The van der Waals surface area contributed by atoms with Crippen molar-refractivity contribution in [2.75, 3.05) is 33.2 Å². The van der Waals surface area contributed by atoms with Gasteiger partial charge in [-0.05, 0) is 37.1 Å². The molecule has 1 fully saturated rings. The summed E-state index contributed by atoms with van der Waals surface area (Å²) in [7, 11) is 2.10. The van der Waals surface area contributed by atoms with E-state index in [0.29, 0.717) is 5.92 Å². The Hall–Kier alpha value is -1.35. The average Bonchev–Trinajstić information content (AvgIpc) is 2.38. The summed E-state index contributed by atoms with van der Waals surface area (Å²) in [6, 6.07) is 6.22. The number of hydrogen-bond acceptors (Lipinski definition) is 2. The highest BCUT2D eigenvalue weighted by molar-refractivity contribution is 5.95. The van der Waals surface area contributed by atoms with Crippen LogP contribution in [0.4, 0.5) is 0 Å². The Morgan fingerprint density at radius 2 is 1.79 bits per heavy atom. The minimum Gasteiger partial charge on any atom is -0.336 e. The van der Waals surface area contributed by atoms with E-state index in [1.165, 1.54) is 5.56 Å². The van der Waals surface area contributed by atoms with Gasteiger partial charge >= 0.3 is 0 Å². The lowest BCUT2D eigenvalue weighted by molar-refractivity contribution is 0.0663. The molecule has 0 spiro atoms. The van der Waals surface area contributed by atoms with Gasteiger partial charge in [0.2, 0.25) is 0 Å². The van der Waals surface area contributed by atoms with Crippen LogP contribution < -0.4 is 0 Å². The first-order valence-corrected chi connectivity index (χ1v) is 7.07. The summed E-state index contributed by atoms with van der Waals surface area (Å²) in [5.41, 5.74) is 3.25. The molecule has 0 aliphatic carbocycles. The standard InChI is InChI=1S/C16H24N2O/c1-12(2)14-5-6-15(13(3)11-14)16(19)18-9-7-17(4)8-10-18/h5-6,11-12H,7-10H2,1-4H3. The highest BCUT2D eigenvalue weighted by atomic mass is 16.2. The second-order valence-corrected chi connectivity index (χ2v) is 5.82. The number of aryl methyl sites for hydroxylation is 1. The monoisotopic (exact) mass is 260 g/mol. The number of likely N-dealkylation sites (N-methyl/N-ethyl adjacent to an activating group) is 1. The van der Waals surface area contributed by atoms with Crippen LogP contribution in [-0.2, 0) is 0 Å². The van der Waals surface area contributed by atoms with E-state index >= 15 is 0 Å². The van der Waals surface area contributed by atoms with Crippen LogP contribution >= 0.6 is 0 Å². The first kappa shape index (κ1) is 14.1. The van der Waals surface area contributed by atoms with Gasteiger partial charge in [-0.1, -0.05) is 26.0 Å². The Bertz CT molecular complexity index is 460. The van der Waals surface area contributed by atoms with E-state index in [4.69, 9.17) is 0 Å². The Balaban J connectivity index is 2.15. The van der Waals surface area contributed by atoms with E-state index in [-0.39, 0.29) is 5.91 Å². The maximum atomic E-state index is 12.5. The van der Waals surface area contributed by atoms with E-state index in [0.717, 1.165) is 37.3 Å². The van der Waals surface area contributed by atoms with Crippen LogP contribution in [0.5, 0.6) is 0 Å². The number of carbonyl (C=O) groups is 1. The molecule has 104 valence electrons. The molecule has 0 bridgehead atoms. The van der Waals surface area contributed by atoms with Crippen LogP contribution in [0, 0.1) is 6.92 Å². The molecule has 1 heterocycles. The molecule has 1 aliphatic rings. The fourth-order valence-corrected chi connectivity index (χ4v) is 2.47. The van der Waals surface area contributed by atoms with Gasteiger partial charge < -0.3 is 9.80 Å². The SMILES string of the molecule is Cc1cc(C(C)C)ccc1C(=O)N1CCN(C)CC1. The van der Waals surface area contributed by atoms with E-state index in [1.54, 1.807) is 0 Å². The average molecular weight is 260 g/mol. The molecule has 0 saturated carbocycles. The molecule has 1 aromatic rings. The van der Waals surface area contributed by atoms with Crippen molar-refractivity contribution in [3.05, 3.63) is 34.9 Å². The molecule has 0 radical (unpaired) electrons. The number of piperazine rings is 1. The number of nitrogens with zero attached hydrogens (tertiary/aromatic N) is 2. The predicted octanol–water partition coefficient (Wildman–Crippen LogP) is 2.51. The number of amides is 1. The predicted molar refractivity (Wildman–Crippen MR) is 78.7 cm³/mol. The van der Waals surface area contributed by atoms with Crippen molar-refractivity contribution >= 4 is 5.91 Å². The number of carbonyl (C=O) groups excluding carboxylic acids is 1. The molecule has 19 heavy (non-hydrogen) atoms. The Labute approximate surface area is 116 Å². The van der Waals surface area contributed by atoms with E-state index in [1.807, 2.05) is 17.9 Å². The summed E-state index contributed by atoms with van der Waals surface area (Å²) in [5.74, 6) is 0.687. The van der Waals surface area contributed by atoms with Crippen molar-refractivity contribution < 1.29 is 4.79 Å². The molecular formula is C16H24N2O. The van der Waals surface area contributed by atoms with Gasteiger partial charge in [-0.15, -0.1) is 0 Å². The molecule has 0 N–H and O–H groups in total. The van der Waals surface area contributed by atoms with Gasteiger partial charge in [0.15, 0.2) is 0 Å². The van der Waals surface area contributed by atoms with Crippen molar-refractivity contribution in [2.45, 2.75) is 26.7 Å². The van der Waals surface area contributed by atoms with Crippen LogP contribution in [0.25, 0.3) is 0 Å². The summed E-state index contributed by atoms with van der Waals surface area (Å²) in [6.07, 6.45) is 0. The van der Waals surface area contributed by atoms with Crippen molar-refractivity contribution in [3.63, 3.8) is 0 Å². The second kappa shape index (κ2) is 5.74. The minimum absolute atomic E-state index is 0.181. The summed E-state index contributed by atoms with van der Waals surface area (Å²) in [4.78, 5) is 16.7. The molecule has 3 nitrogen and oxygen atoms in total. The molecule has 2 rings (SSSR count). The molecule has 0 atom stereocenters. The van der Waals surface area contributed by atoms with Gasteiger partial charge in [0.25, 0.3) is 5.91 Å². The molecule has 0 unspecified atom stereocenters. The molecule has 0 aromatic heterocycles. The number of benzene rings is 1. The van der Waals surface area contributed by atoms with Gasteiger partial charge in [-0.3, -0.25) is 4.79 Å². The van der Waals surface area contributed by atoms with Crippen LogP contribution in [0.2, 0.25) is 0 Å². The van der Waals surface area contributed by atoms with Crippen LogP contribution in [0.15, 0.2) is 18.2 Å². The van der Waals surface area contributed by atoms with Crippen molar-refractivity contribution in [1.82, 2.24) is 9.80 Å². The number of hydrogen-bond donors (Lipinski definition) is 0. The quantitative estimate of drug-likeness (QED) is 0.815. The largest absolute Gasteiger partial charge is 0.336 e. The Kier molecular flexibility index (Phi) is 4.25. The lowest BCUT2D eigenvalue weighted by Crippen LogP contribution is -2.47. The normalized spacial score (nSPS) is 17.0. The lowest BCUT2D eigenvalue weighted by atomic mass is 9.97. The summed E-state index contributed by atoms with van der Waals surface area (Å²) in [6.45, 7) is 9.99. The molecule has 1 aromatic carbocycles. The molecule has 3 heteroatoms. The zero-order valence-electron chi connectivity index (χ0n) is 12.4. The van der Waals surface area contributed by atoms with Crippen LogP contribution in [-0.4, -0.2) is 48.9 Å². The minimum atomic E-state index is 0.181. The highest BCUT2D eigenvalue weighted by Gasteiger charge is 2.21. The fraction of sp³-hybridized carbons (Fsp3) is 0.562. The van der Waals surface area contributed by atoms with E-state index in [2.05, 4.69) is 37.9 Å². The Morgan fingerprint density at radius 1 is 1.16 bits per heavy atom. The first-order chi connectivity index (χ1) is 8.99. The van der Waals surface area contributed by atoms with Gasteiger partial charge in [0, 0.05) is 31.7 Å². The molecular weight excluding hydrogens is 236 g/mol. The van der Waals surface area contributed by atoms with E-state index < -0.39 is 0 Å². The van der Waals surface area contributed by atoms with Crippen molar-refractivity contribution in [3.8, 4) is 0 Å². The fourth-order valence-electron chi connectivity index (χ4n) is 2.47. The number of rotatable bonds is 2.